The number of carbonyl (C=O) groups excluding carboxylic acids is 1. The minimum absolute atomic E-state index is 0.151. The molecule has 0 aliphatic rings. The van der Waals surface area contributed by atoms with Gasteiger partial charge in [0.2, 0.25) is 0 Å². The van der Waals surface area contributed by atoms with Gasteiger partial charge >= 0.3 is 0 Å². The number of amides is 1. The SMILES string of the molecule is CC(C)c1cc(NC(=O)c2ccc(Cl)cc2O)n[nH]1. The molecule has 0 spiro atoms. The van der Waals surface area contributed by atoms with Crippen LogP contribution in [0.25, 0.3) is 0 Å². The Labute approximate surface area is 115 Å². The summed E-state index contributed by atoms with van der Waals surface area (Å²) in [6.45, 7) is 4.04. The quantitative estimate of drug-likeness (QED) is 0.807. The highest BCUT2D eigenvalue weighted by molar-refractivity contribution is 6.30. The van der Waals surface area contributed by atoms with Crippen LogP contribution in [0.2, 0.25) is 5.02 Å². The van der Waals surface area contributed by atoms with Crippen LogP contribution in [0, 0.1) is 0 Å². The van der Waals surface area contributed by atoms with E-state index in [-0.39, 0.29) is 11.3 Å². The molecule has 6 heteroatoms. The van der Waals surface area contributed by atoms with Gasteiger partial charge in [-0.05, 0) is 24.1 Å². The third-order valence-corrected chi connectivity index (χ3v) is 2.90. The number of anilines is 1. The van der Waals surface area contributed by atoms with Gasteiger partial charge in [0.15, 0.2) is 5.82 Å². The van der Waals surface area contributed by atoms with E-state index in [9.17, 15) is 9.90 Å². The third-order valence-electron chi connectivity index (χ3n) is 2.67. The lowest BCUT2D eigenvalue weighted by Crippen LogP contribution is -2.12. The fraction of sp³-hybridized carbons (Fsp3) is 0.231. The molecular weight excluding hydrogens is 266 g/mol. The second-order valence-corrected chi connectivity index (χ2v) is 4.92. The molecule has 1 aromatic carbocycles. The molecule has 0 saturated carbocycles. The van der Waals surface area contributed by atoms with Crippen LogP contribution < -0.4 is 5.32 Å². The van der Waals surface area contributed by atoms with Crippen molar-refractivity contribution in [3.8, 4) is 5.75 Å². The number of rotatable bonds is 3. The molecule has 2 rings (SSSR count). The van der Waals surface area contributed by atoms with Crippen molar-refractivity contribution in [3.63, 3.8) is 0 Å². The first-order valence-electron chi connectivity index (χ1n) is 5.82. The summed E-state index contributed by atoms with van der Waals surface area (Å²) in [5.41, 5.74) is 1.08. The Hall–Kier alpha value is -2.01. The molecule has 0 saturated heterocycles. The number of phenols is 1. The molecule has 19 heavy (non-hydrogen) atoms. The Kier molecular flexibility index (Phi) is 3.76. The summed E-state index contributed by atoms with van der Waals surface area (Å²) < 4.78 is 0. The van der Waals surface area contributed by atoms with Crippen molar-refractivity contribution in [3.05, 3.63) is 40.5 Å². The van der Waals surface area contributed by atoms with E-state index in [0.29, 0.717) is 16.8 Å². The number of aromatic hydroxyl groups is 1. The number of nitrogens with zero attached hydrogens (tertiary/aromatic N) is 1. The second-order valence-electron chi connectivity index (χ2n) is 4.48. The smallest absolute Gasteiger partial charge is 0.260 e. The van der Waals surface area contributed by atoms with Crippen LogP contribution >= 0.6 is 11.6 Å². The van der Waals surface area contributed by atoms with Crippen molar-refractivity contribution in [2.75, 3.05) is 5.32 Å². The molecule has 0 unspecified atom stereocenters. The molecule has 0 aliphatic heterocycles. The molecule has 5 nitrogen and oxygen atoms in total. The number of phenolic OH excluding ortho intramolecular Hbond substituents is 1. The van der Waals surface area contributed by atoms with E-state index in [1.165, 1.54) is 12.1 Å². The van der Waals surface area contributed by atoms with E-state index in [4.69, 9.17) is 11.6 Å². The van der Waals surface area contributed by atoms with Crippen molar-refractivity contribution in [2.24, 2.45) is 0 Å². The Morgan fingerprint density at radius 1 is 1.42 bits per heavy atom. The van der Waals surface area contributed by atoms with Crippen molar-refractivity contribution in [1.82, 2.24) is 10.2 Å². The van der Waals surface area contributed by atoms with Crippen LogP contribution in [0.5, 0.6) is 5.75 Å². The Balaban J connectivity index is 2.16. The molecular formula is C13H14ClN3O2. The minimum atomic E-state index is -0.434. The molecule has 1 aromatic heterocycles. The number of carbonyl (C=O) groups is 1. The number of aromatic amines is 1. The standard InChI is InChI=1S/C13H14ClN3O2/c1-7(2)10-6-12(17-16-10)15-13(19)9-4-3-8(14)5-11(9)18/h3-7,18H,1-2H3,(H2,15,16,17,19). The number of hydrogen-bond acceptors (Lipinski definition) is 3. The van der Waals surface area contributed by atoms with Gasteiger partial charge in [0.1, 0.15) is 5.75 Å². The Morgan fingerprint density at radius 2 is 2.16 bits per heavy atom. The van der Waals surface area contributed by atoms with E-state index < -0.39 is 5.91 Å². The number of nitrogens with one attached hydrogen (secondary N) is 2. The van der Waals surface area contributed by atoms with E-state index in [1.807, 2.05) is 13.8 Å². The number of benzene rings is 1. The summed E-state index contributed by atoms with van der Waals surface area (Å²) in [6.07, 6.45) is 0. The van der Waals surface area contributed by atoms with Crippen molar-refractivity contribution < 1.29 is 9.90 Å². The molecule has 0 radical (unpaired) electrons. The molecule has 0 fully saturated rings. The summed E-state index contributed by atoms with van der Waals surface area (Å²) in [5.74, 6) is 0.116. The Bertz CT molecular complexity index is 608. The molecule has 2 aromatic rings. The number of hydrogen-bond donors (Lipinski definition) is 3. The zero-order valence-electron chi connectivity index (χ0n) is 10.6. The highest BCUT2D eigenvalue weighted by atomic mass is 35.5. The van der Waals surface area contributed by atoms with E-state index in [1.54, 1.807) is 12.1 Å². The fourth-order valence-electron chi connectivity index (χ4n) is 1.58. The van der Waals surface area contributed by atoms with E-state index in [2.05, 4.69) is 15.5 Å². The summed E-state index contributed by atoms with van der Waals surface area (Å²) in [5, 5.41) is 19.5. The Morgan fingerprint density at radius 3 is 2.74 bits per heavy atom. The zero-order valence-corrected chi connectivity index (χ0v) is 11.3. The van der Waals surface area contributed by atoms with Gasteiger partial charge < -0.3 is 10.4 Å². The van der Waals surface area contributed by atoms with Gasteiger partial charge in [-0.15, -0.1) is 0 Å². The highest BCUT2D eigenvalue weighted by Crippen LogP contribution is 2.23. The first kappa shape index (κ1) is 13.4. The highest BCUT2D eigenvalue weighted by Gasteiger charge is 2.13. The number of halogens is 1. The first-order chi connectivity index (χ1) is 8.97. The monoisotopic (exact) mass is 279 g/mol. The van der Waals surface area contributed by atoms with Crippen molar-refractivity contribution in [2.45, 2.75) is 19.8 Å². The first-order valence-corrected chi connectivity index (χ1v) is 6.20. The zero-order chi connectivity index (χ0) is 14.0. The van der Waals surface area contributed by atoms with E-state index >= 15 is 0 Å². The lowest BCUT2D eigenvalue weighted by Gasteiger charge is -2.04. The minimum Gasteiger partial charge on any atom is -0.507 e. The van der Waals surface area contributed by atoms with Crippen LogP contribution in [0.1, 0.15) is 35.8 Å². The maximum atomic E-state index is 12.0. The van der Waals surface area contributed by atoms with Crippen LogP contribution in [0.3, 0.4) is 0 Å². The third kappa shape index (κ3) is 3.06. The molecule has 3 N–H and O–H groups in total. The molecule has 1 heterocycles. The summed E-state index contributed by atoms with van der Waals surface area (Å²) >= 11 is 5.71. The van der Waals surface area contributed by atoms with Crippen LogP contribution in [0.15, 0.2) is 24.3 Å². The van der Waals surface area contributed by atoms with Gasteiger partial charge in [-0.25, -0.2) is 0 Å². The maximum absolute atomic E-state index is 12.0. The van der Waals surface area contributed by atoms with E-state index in [0.717, 1.165) is 5.69 Å². The van der Waals surface area contributed by atoms with Crippen molar-refractivity contribution >= 4 is 23.3 Å². The number of aromatic nitrogens is 2. The summed E-state index contributed by atoms with van der Waals surface area (Å²) in [7, 11) is 0. The van der Waals surface area contributed by atoms with Gasteiger partial charge in [-0.1, -0.05) is 25.4 Å². The molecule has 1 amide bonds. The predicted molar refractivity (Wildman–Crippen MR) is 73.7 cm³/mol. The van der Waals surface area contributed by atoms with Gasteiger partial charge in [-0.2, -0.15) is 5.10 Å². The average Bonchev–Trinajstić information content (AvgIpc) is 2.77. The van der Waals surface area contributed by atoms with Crippen LogP contribution in [0.4, 0.5) is 5.82 Å². The molecule has 0 bridgehead atoms. The summed E-state index contributed by atoms with van der Waals surface area (Å²) in [4.78, 5) is 12.0. The molecule has 0 aliphatic carbocycles. The van der Waals surface area contributed by atoms with Gasteiger partial charge in [0, 0.05) is 16.8 Å². The van der Waals surface area contributed by atoms with Gasteiger partial charge in [-0.3, -0.25) is 9.89 Å². The summed E-state index contributed by atoms with van der Waals surface area (Å²) in [6, 6.07) is 6.08. The van der Waals surface area contributed by atoms with Crippen molar-refractivity contribution in [1.29, 1.82) is 0 Å². The topological polar surface area (TPSA) is 78.0 Å². The second kappa shape index (κ2) is 5.32. The van der Waals surface area contributed by atoms with Crippen LogP contribution in [-0.2, 0) is 0 Å². The lowest BCUT2D eigenvalue weighted by molar-refractivity contribution is 0.102. The molecule has 0 atom stereocenters. The average molecular weight is 280 g/mol. The van der Waals surface area contributed by atoms with Gasteiger partial charge in [0.05, 0.1) is 5.56 Å². The normalized spacial score (nSPS) is 10.7. The van der Waals surface area contributed by atoms with Gasteiger partial charge in [0.25, 0.3) is 5.91 Å². The largest absolute Gasteiger partial charge is 0.507 e. The fourth-order valence-corrected chi connectivity index (χ4v) is 1.74. The van der Waals surface area contributed by atoms with Crippen LogP contribution in [-0.4, -0.2) is 21.2 Å². The maximum Gasteiger partial charge on any atom is 0.260 e. The number of H-pyrrole nitrogens is 1. The lowest BCUT2D eigenvalue weighted by atomic mass is 10.1. The molecule has 100 valence electrons. The predicted octanol–water partition coefficient (Wildman–Crippen LogP) is 3.14.